The largest absolute Gasteiger partial charge is 0.366 e. The van der Waals surface area contributed by atoms with Crippen LogP contribution < -0.4 is 10.6 Å². The van der Waals surface area contributed by atoms with Gasteiger partial charge in [0, 0.05) is 24.3 Å². The molecular formula is C20H22FN5O. The monoisotopic (exact) mass is 367 g/mol. The lowest BCUT2D eigenvalue weighted by atomic mass is 9.95. The maximum absolute atomic E-state index is 13.8. The van der Waals surface area contributed by atoms with Gasteiger partial charge in [-0.3, -0.25) is 4.79 Å². The molecule has 3 aromatic rings. The highest BCUT2D eigenvalue weighted by Gasteiger charge is 2.20. The number of halogens is 1. The van der Waals surface area contributed by atoms with Crippen LogP contribution >= 0.6 is 0 Å². The second-order valence-electron chi connectivity index (χ2n) is 6.89. The summed E-state index contributed by atoms with van der Waals surface area (Å²) >= 11 is 0. The molecule has 2 aromatic heterocycles. The first-order chi connectivity index (χ1) is 13.2. The fraction of sp³-hybridized carbons (Fsp3) is 0.350. The average Bonchev–Trinajstić information content (AvgIpc) is 3.11. The fourth-order valence-electron chi connectivity index (χ4n) is 3.47. The highest BCUT2D eigenvalue weighted by Crippen LogP contribution is 2.19. The normalized spacial score (nSPS) is 15.0. The summed E-state index contributed by atoms with van der Waals surface area (Å²) in [7, 11) is 0. The number of hydrogen-bond acceptors (Lipinski definition) is 4. The van der Waals surface area contributed by atoms with E-state index in [2.05, 4.69) is 20.7 Å². The molecule has 0 saturated heterocycles. The first kappa shape index (κ1) is 17.5. The quantitative estimate of drug-likeness (QED) is 0.724. The van der Waals surface area contributed by atoms with Crippen LogP contribution in [0.5, 0.6) is 0 Å². The van der Waals surface area contributed by atoms with Crippen LogP contribution in [0.3, 0.4) is 0 Å². The van der Waals surface area contributed by atoms with Crippen molar-refractivity contribution in [1.29, 1.82) is 0 Å². The van der Waals surface area contributed by atoms with Crippen LogP contribution in [0, 0.1) is 5.82 Å². The molecule has 1 amide bonds. The third kappa shape index (κ3) is 3.92. The average molecular weight is 367 g/mol. The van der Waals surface area contributed by atoms with E-state index in [1.165, 1.54) is 12.5 Å². The number of carbonyl (C=O) groups is 1. The molecule has 2 N–H and O–H groups in total. The predicted octanol–water partition coefficient (Wildman–Crippen LogP) is 3.54. The number of benzene rings is 1. The highest BCUT2D eigenvalue weighted by atomic mass is 19.1. The van der Waals surface area contributed by atoms with E-state index in [9.17, 15) is 9.18 Å². The second-order valence-corrected chi connectivity index (χ2v) is 6.89. The summed E-state index contributed by atoms with van der Waals surface area (Å²) in [5, 5.41) is 10.4. The Morgan fingerprint density at radius 3 is 2.81 bits per heavy atom. The maximum atomic E-state index is 13.8. The lowest BCUT2D eigenvalue weighted by Gasteiger charge is -2.22. The number of aromatic nitrogens is 3. The van der Waals surface area contributed by atoms with Gasteiger partial charge in [-0.2, -0.15) is 5.10 Å². The van der Waals surface area contributed by atoms with E-state index in [4.69, 9.17) is 0 Å². The number of nitrogens with one attached hydrogen (secondary N) is 2. The van der Waals surface area contributed by atoms with Crippen molar-refractivity contribution in [2.45, 2.75) is 44.7 Å². The molecule has 0 bridgehead atoms. The van der Waals surface area contributed by atoms with Crippen molar-refractivity contribution in [1.82, 2.24) is 19.9 Å². The lowest BCUT2D eigenvalue weighted by Crippen LogP contribution is -2.36. The van der Waals surface area contributed by atoms with Gasteiger partial charge in [0.25, 0.3) is 5.91 Å². The summed E-state index contributed by atoms with van der Waals surface area (Å²) in [6, 6.07) is 8.59. The first-order valence-electron chi connectivity index (χ1n) is 9.33. The first-order valence-corrected chi connectivity index (χ1v) is 9.33. The van der Waals surface area contributed by atoms with Crippen LogP contribution in [-0.2, 0) is 6.54 Å². The van der Waals surface area contributed by atoms with Gasteiger partial charge in [-0.05, 0) is 25.0 Å². The Morgan fingerprint density at radius 1 is 1.19 bits per heavy atom. The van der Waals surface area contributed by atoms with Crippen molar-refractivity contribution in [2.75, 3.05) is 5.32 Å². The molecule has 0 spiro atoms. The van der Waals surface area contributed by atoms with Gasteiger partial charge in [0.1, 0.15) is 17.2 Å². The topological polar surface area (TPSA) is 71.3 Å². The van der Waals surface area contributed by atoms with E-state index in [0.717, 1.165) is 25.7 Å². The predicted molar refractivity (Wildman–Crippen MR) is 101 cm³/mol. The number of amides is 1. The van der Waals surface area contributed by atoms with Gasteiger partial charge >= 0.3 is 0 Å². The molecule has 6 nitrogen and oxygen atoms in total. The van der Waals surface area contributed by atoms with Crippen molar-refractivity contribution >= 4 is 17.4 Å². The van der Waals surface area contributed by atoms with Crippen molar-refractivity contribution in [3.63, 3.8) is 0 Å². The molecule has 1 fully saturated rings. The van der Waals surface area contributed by atoms with Crippen molar-refractivity contribution in [2.24, 2.45) is 0 Å². The van der Waals surface area contributed by atoms with Gasteiger partial charge in [0.2, 0.25) is 0 Å². The zero-order valence-electron chi connectivity index (χ0n) is 15.0. The molecule has 1 aromatic carbocycles. The summed E-state index contributed by atoms with van der Waals surface area (Å²) in [5.41, 5.74) is 1.50. The smallest absolute Gasteiger partial charge is 0.256 e. The number of rotatable bonds is 5. The third-order valence-electron chi connectivity index (χ3n) is 4.97. The molecule has 0 atom stereocenters. The Kier molecular flexibility index (Phi) is 5.00. The molecule has 0 aliphatic heterocycles. The number of fused-ring (bicyclic) bond motifs is 1. The Morgan fingerprint density at radius 2 is 2.00 bits per heavy atom. The Hall–Kier alpha value is -2.96. The van der Waals surface area contributed by atoms with E-state index >= 15 is 0 Å². The summed E-state index contributed by atoms with van der Waals surface area (Å²) < 4.78 is 15.3. The van der Waals surface area contributed by atoms with E-state index in [-0.39, 0.29) is 17.8 Å². The number of nitrogens with zero attached hydrogens (tertiary/aromatic N) is 3. The van der Waals surface area contributed by atoms with Crippen molar-refractivity contribution in [3.05, 3.63) is 59.7 Å². The van der Waals surface area contributed by atoms with Crippen LogP contribution in [-0.4, -0.2) is 26.5 Å². The minimum atomic E-state index is -0.261. The van der Waals surface area contributed by atoms with Crippen LogP contribution in [0.2, 0.25) is 0 Å². The lowest BCUT2D eigenvalue weighted by molar-refractivity contribution is 0.0929. The van der Waals surface area contributed by atoms with Crippen LogP contribution in [0.25, 0.3) is 5.65 Å². The molecule has 4 rings (SSSR count). The standard InChI is InChI=1S/C20H22FN5O/c21-17-9-5-4-6-14(17)12-22-18-10-11-26-19(25-18)16(13-23-26)20(27)24-15-7-2-1-3-8-15/h4-6,9-11,13,15H,1-3,7-8,12H2,(H,22,25)(H,24,27). The third-order valence-corrected chi connectivity index (χ3v) is 4.97. The molecular weight excluding hydrogens is 345 g/mol. The van der Waals surface area contributed by atoms with Crippen molar-refractivity contribution in [3.8, 4) is 0 Å². The summed E-state index contributed by atoms with van der Waals surface area (Å²) in [5.74, 6) is 0.164. The molecule has 27 heavy (non-hydrogen) atoms. The SMILES string of the molecule is O=C(NC1CCCCC1)c1cnn2ccc(NCc3ccccc3F)nc12. The molecule has 1 aliphatic carbocycles. The summed E-state index contributed by atoms with van der Waals surface area (Å²) in [6.07, 6.45) is 8.87. The van der Waals surface area contributed by atoms with Crippen LogP contribution in [0.1, 0.15) is 48.0 Å². The zero-order chi connectivity index (χ0) is 18.6. The molecule has 2 heterocycles. The van der Waals surface area contributed by atoms with E-state index in [1.54, 1.807) is 41.2 Å². The van der Waals surface area contributed by atoms with Gasteiger partial charge in [0.15, 0.2) is 5.65 Å². The summed E-state index contributed by atoms with van der Waals surface area (Å²) in [4.78, 5) is 17.1. The number of anilines is 1. The Bertz CT molecular complexity index is 948. The van der Waals surface area contributed by atoms with E-state index in [0.29, 0.717) is 29.1 Å². The second kappa shape index (κ2) is 7.73. The van der Waals surface area contributed by atoms with Gasteiger partial charge < -0.3 is 10.6 Å². The van der Waals surface area contributed by atoms with Gasteiger partial charge in [-0.25, -0.2) is 13.9 Å². The molecule has 1 aliphatic rings. The van der Waals surface area contributed by atoms with Gasteiger partial charge in [0.05, 0.1) is 6.20 Å². The minimum absolute atomic E-state index is 0.143. The van der Waals surface area contributed by atoms with Crippen LogP contribution in [0.15, 0.2) is 42.7 Å². The molecule has 140 valence electrons. The van der Waals surface area contributed by atoms with Gasteiger partial charge in [-0.15, -0.1) is 0 Å². The van der Waals surface area contributed by atoms with Crippen LogP contribution in [0.4, 0.5) is 10.2 Å². The molecule has 1 saturated carbocycles. The molecule has 0 radical (unpaired) electrons. The van der Waals surface area contributed by atoms with E-state index in [1.807, 2.05) is 0 Å². The number of hydrogen-bond donors (Lipinski definition) is 2. The highest BCUT2D eigenvalue weighted by molar-refractivity contribution is 5.99. The minimum Gasteiger partial charge on any atom is -0.366 e. The maximum Gasteiger partial charge on any atom is 0.256 e. The Labute approximate surface area is 156 Å². The molecule has 7 heteroatoms. The Balaban J connectivity index is 1.50. The molecule has 0 unspecified atom stereocenters. The van der Waals surface area contributed by atoms with Gasteiger partial charge in [-0.1, -0.05) is 37.5 Å². The number of carbonyl (C=O) groups excluding carboxylic acids is 1. The fourth-order valence-corrected chi connectivity index (χ4v) is 3.47. The zero-order valence-corrected chi connectivity index (χ0v) is 15.0. The van der Waals surface area contributed by atoms with E-state index < -0.39 is 0 Å². The summed E-state index contributed by atoms with van der Waals surface area (Å²) in [6.45, 7) is 0.313. The van der Waals surface area contributed by atoms with Crippen molar-refractivity contribution < 1.29 is 9.18 Å².